The van der Waals surface area contributed by atoms with Crippen LogP contribution in [0.5, 0.6) is 0 Å². The molecule has 1 aromatic rings. The van der Waals surface area contributed by atoms with Gasteiger partial charge >= 0.3 is 0 Å². The Hall–Kier alpha value is -1.40. The van der Waals surface area contributed by atoms with Gasteiger partial charge < -0.3 is 9.64 Å². The van der Waals surface area contributed by atoms with E-state index in [0.29, 0.717) is 19.1 Å². The largest absolute Gasteiger partial charge is 0.375 e. The number of likely N-dealkylation sites (tertiary alicyclic amines) is 1. The number of ether oxygens (including phenoxy) is 1. The van der Waals surface area contributed by atoms with E-state index in [9.17, 15) is 4.79 Å². The summed E-state index contributed by atoms with van der Waals surface area (Å²) in [4.78, 5) is 16.6. The molecule has 1 atom stereocenters. The number of amides is 1. The van der Waals surface area contributed by atoms with Crippen LogP contribution in [-0.2, 0) is 16.6 Å². The molecule has 0 aliphatic carbocycles. The quantitative estimate of drug-likeness (QED) is 0.831. The number of carbonyl (C=O) groups excluding carboxylic acids is 1. The third kappa shape index (κ3) is 3.67. The minimum absolute atomic E-state index is 0.161. The molecule has 0 aromatic carbocycles. The summed E-state index contributed by atoms with van der Waals surface area (Å²) in [5, 5.41) is 4.26. The van der Waals surface area contributed by atoms with Crippen molar-refractivity contribution in [2.24, 2.45) is 7.05 Å². The fourth-order valence-corrected chi connectivity index (χ4v) is 3.41. The highest BCUT2D eigenvalue weighted by molar-refractivity contribution is 5.78. The standard InChI is InChI=1S/C16H26N4O2/c1-13-10-20(7-8-22-13)16(21)12-19-5-3-14(4-6-19)15-9-17-18(2)11-15/h9,11,13-14H,3-8,10,12H2,1-2H3. The minimum Gasteiger partial charge on any atom is -0.375 e. The van der Waals surface area contributed by atoms with E-state index in [1.807, 2.05) is 29.7 Å². The smallest absolute Gasteiger partial charge is 0.236 e. The molecule has 6 heteroatoms. The molecule has 6 nitrogen and oxygen atoms in total. The first-order valence-electron chi connectivity index (χ1n) is 8.22. The SMILES string of the molecule is CC1CN(C(=O)CN2CCC(c3cnn(C)c3)CC2)CCO1. The first kappa shape index (κ1) is 15.5. The van der Waals surface area contributed by atoms with E-state index in [4.69, 9.17) is 4.74 Å². The van der Waals surface area contributed by atoms with Crippen molar-refractivity contribution in [2.45, 2.75) is 31.8 Å². The van der Waals surface area contributed by atoms with Crippen molar-refractivity contribution in [3.63, 3.8) is 0 Å². The van der Waals surface area contributed by atoms with E-state index >= 15 is 0 Å². The number of piperidine rings is 1. The Balaban J connectivity index is 1.46. The third-order valence-corrected chi connectivity index (χ3v) is 4.74. The van der Waals surface area contributed by atoms with Crippen molar-refractivity contribution in [1.82, 2.24) is 19.6 Å². The van der Waals surface area contributed by atoms with Crippen LogP contribution in [0.3, 0.4) is 0 Å². The average molecular weight is 306 g/mol. The third-order valence-electron chi connectivity index (χ3n) is 4.74. The van der Waals surface area contributed by atoms with Gasteiger partial charge in [-0.2, -0.15) is 5.10 Å². The molecule has 0 bridgehead atoms. The summed E-state index contributed by atoms with van der Waals surface area (Å²) in [6.45, 7) is 6.68. The van der Waals surface area contributed by atoms with Crippen LogP contribution in [-0.4, -0.2) is 70.9 Å². The molecule has 0 N–H and O–H groups in total. The maximum Gasteiger partial charge on any atom is 0.236 e. The normalized spacial score (nSPS) is 24.6. The zero-order valence-corrected chi connectivity index (χ0v) is 13.6. The zero-order chi connectivity index (χ0) is 15.5. The number of carbonyl (C=O) groups is 1. The lowest BCUT2D eigenvalue weighted by molar-refractivity contribution is -0.139. The number of hydrogen-bond donors (Lipinski definition) is 0. The molecule has 1 aromatic heterocycles. The summed E-state index contributed by atoms with van der Waals surface area (Å²) < 4.78 is 7.36. The number of hydrogen-bond acceptors (Lipinski definition) is 4. The first-order chi connectivity index (χ1) is 10.6. The summed E-state index contributed by atoms with van der Waals surface area (Å²) in [5.74, 6) is 0.832. The Bertz CT molecular complexity index is 508. The van der Waals surface area contributed by atoms with Crippen molar-refractivity contribution in [3.05, 3.63) is 18.0 Å². The number of nitrogens with zero attached hydrogens (tertiary/aromatic N) is 4. The highest BCUT2D eigenvalue weighted by Crippen LogP contribution is 2.27. The van der Waals surface area contributed by atoms with Gasteiger partial charge in [-0.05, 0) is 44.3 Å². The summed E-state index contributed by atoms with van der Waals surface area (Å²) in [6, 6.07) is 0. The Morgan fingerprint density at radius 2 is 2.14 bits per heavy atom. The number of morpholine rings is 1. The van der Waals surface area contributed by atoms with E-state index < -0.39 is 0 Å². The van der Waals surface area contributed by atoms with E-state index in [0.717, 1.165) is 39.0 Å². The first-order valence-corrected chi connectivity index (χ1v) is 8.22. The summed E-state index contributed by atoms with van der Waals surface area (Å²) in [6.07, 6.45) is 6.46. The number of rotatable bonds is 3. The predicted molar refractivity (Wildman–Crippen MR) is 83.6 cm³/mol. The van der Waals surface area contributed by atoms with Crippen LogP contribution in [0.2, 0.25) is 0 Å². The molecule has 0 spiro atoms. The molecule has 2 fully saturated rings. The summed E-state index contributed by atoms with van der Waals surface area (Å²) in [7, 11) is 1.96. The van der Waals surface area contributed by atoms with Crippen molar-refractivity contribution < 1.29 is 9.53 Å². The lowest BCUT2D eigenvalue weighted by Gasteiger charge is -2.35. The molecular formula is C16H26N4O2. The molecule has 2 aliphatic heterocycles. The van der Waals surface area contributed by atoms with Crippen molar-refractivity contribution in [1.29, 1.82) is 0 Å². The predicted octanol–water partition coefficient (Wildman–Crippen LogP) is 0.847. The van der Waals surface area contributed by atoms with Crippen molar-refractivity contribution >= 4 is 5.91 Å². The van der Waals surface area contributed by atoms with Gasteiger partial charge in [-0.25, -0.2) is 0 Å². The average Bonchev–Trinajstić information content (AvgIpc) is 2.94. The van der Waals surface area contributed by atoms with Gasteiger partial charge in [0.2, 0.25) is 5.91 Å². The van der Waals surface area contributed by atoms with Crippen molar-refractivity contribution in [2.75, 3.05) is 39.3 Å². The van der Waals surface area contributed by atoms with Gasteiger partial charge in [-0.1, -0.05) is 0 Å². The Kier molecular flexibility index (Phi) is 4.78. The van der Waals surface area contributed by atoms with Crippen LogP contribution in [0.1, 0.15) is 31.2 Å². The maximum atomic E-state index is 12.4. The van der Waals surface area contributed by atoms with Gasteiger partial charge in [0.25, 0.3) is 0 Å². The second-order valence-corrected chi connectivity index (χ2v) is 6.52. The molecule has 2 aliphatic rings. The van der Waals surface area contributed by atoms with Crippen LogP contribution in [0, 0.1) is 0 Å². The van der Waals surface area contributed by atoms with E-state index in [2.05, 4.69) is 16.2 Å². The van der Waals surface area contributed by atoms with Crippen LogP contribution >= 0.6 is 0 Å². The fourth-order valence-electron chi connectivity index (χ4n) is 3.41. The highest BCUT2D eigenvalue weighted by atomic mass is 16.5. The molecule has 122 valence electrons. The second kappa shape index (κ2) is 6.79. The second-order valence-electron chi connectivity index (χ2n) is 6.52. The molecule has 3 rings (SSSR count). The molecule has 0 radical (unpaired) electrons. The summed E-state index contributed by atoms with van der Waals surface area (Å²) in [5.41, 5.74) is 1.33. The van der Waals surface area contributed by atoms with Crippen LogP contribution in [0.25, 0.3) is 0 Å². The fraction of sp³-hybridized carbons (Fsp3) is 0.750. The van der Waals surface area contributed by atoms with E-state index in [-0.39, 0.29) is 12.0 Å². The number of aryl methyl sites for hydroxylation is 1. The van der Waals surface area contributed by atoms with Gasteiger partial charge in [-0.3, -0.25) is 14.4 Å². The molecule has 0 saturated carbocycles. The van der Waals surface area contributed by atoms with Gasteiger partial charge in [0.05, 0.1) is 25.5 Å². The van der Waals surface area contributed by atoms with Crippen LogP contribution < -0.4 is 0 Å². The molecule has 3 heterocycles. The lowest BCUT2D eigenvalue weighted by Crippen LogP contribution is -2.49. The van der Waals surface area contributed by atoms with Crippen molar-refractivity contribution in [3.8, 4) is 0 Å². The molecular weight excluding hydrogens is 280 g/mol. The highest BCUT2D eigenvalue weighted by Gasteiger charge is 2.26. The van der Waals surface area contributed by atoms with Gasteiger partial charge in [-0.15, -0.1) is 0 Å². The molecule has 2 saturated heterocycles. The Morgan fingerprint density at radius 3 is 2.77 bits per heavy atom. The zero-order valence-electron chi connectivity index (χ0n) is 13.6. The van der Waals surface area contributed by atoms with E-state index in [1.165, 1.54) is 5.56 Å². The Morgan fingerprint density at radius 1 is 1.36 bits per heavy atom. The molecule has 1 unspecified atom stereocenters. The van der Waals surface area contributed by atoms with Gasteiger partial charge in [0.1, 0.15) is 0 Å². The monoisotopic (exact) mass is 306 g/mol. The topological polar surface area (TPSA) is 50.6 Å². The van der Waals surface area contributed by atoms with Gasteiger partial charge in [0.15, 0.2) is 0 Å². The van der Waals surface area contributed by atoms with Crippen LogP contribution in [0.4, 0.5) is 0 Å². The minimum atomic E-state index is 0.161. The Labute approximate surface area is 132 Å². The van der Waals surface area contributed by atoms with E-state index in [1.54, 1.807) is 0 Å². The maximum absolute atomic E-state index is 12.4. The lowest BCUT2D eigenvalue weighted by atomic mass is 9.91. The van der Waals surface area contributed by atoms with Crippen LogP contribution in [0.15, 0.2) is 12.4 Å². The molecule has 1 amide bonds. The van der Waals surface area contributed by atoms with Gasteiger partial charge in [0, 0.05) is 26.3 Å². The molecule has 22 heavy (non-hydrogen) atoms. The summed E-state index contributed by atoms with van der Waals surface area (Å²) >= 11 is 0. The number of aromatic nitrogens is 2.